The molecule has 1 aliphatic heterocycles. The number of benzene rings is 1. The van der Waals surface area contributed by atoms with Gasteiger partial charge in [0.2, 0.25) is 5.91 Å². The van der Waals surface area contributed by atoms with E-state index in [-0.39, 0.29) is 11.8 Å². The van der Waals surface area contributed by atoms with Crippen LogP contribution >= 0.6 is 0 Å². The molecule has 0 bridgehead atoms. The molecule has 0 radical (unpaired) electrons. The zero-order valence-corrected chi connectivity index (χ0v) is 18.5. The second-order valence-electron chi connectivity index (χ2n) is 8.05. The second-order valence-corrected chi connectivity index (χ2v) is 8.05. The van der Waals surface area contributed by atoms with Gasteiger partial charge in [0, 0.05) is 32.1 Å². The predicted octanol–water partition coefficient (Wildman–Crippen LogP) is 3.68. The molecule has 174 valence electrons. The Labute approximate surface area is 191 Å². The molecule has 3 aromatic rings. The van der Waals surface area contributed by atoms with Gasteiger partial charge in [0.05, 0.1) is 12.0 Å². The molecule has 4 rings (SSSR count). The molecule has 1 saturated heterocycles. The van der Waals surface area contributed by atoms with Crippen molar-refractivity contribution in [3.8, 4) is 0 Å². The summed E-state index contributed by atoms with van der Waals surface area (Å²) in [5, 5.41) is 12.9. The third-order valence-corrected chi connectivity index (χ3v) is 5.66. The van der Waals surface area contributed by atoms with Crippen molar-refractivity contribution in [2.24, 2.45) is 5.92 Å². The number of nitrogens with zero attached hydrogens (tertiary/aromatic N) is 4. The average molecular weight is 453 g/mol. The second kappa shape index (κ2) is 10.2. The number of carboxylic acid groups (broad SMARTS) is 1. The molecule has 2 amide bonds. The fourth-order valence-electron chi connectivity index (χ4n) is 3.95. The van der Waals surface area contributed by atoms with Crippen LogP contribution in [0.4, 0.5) is 22.2 Å². The molecule has 1 aromatic carbocycles. The van der Waals surface area contributed by atoms with Gasteiger partial charge in [-0.05, 0) is 37.3 Å². The highest BCUT2D eigenvalue weighted by atomic mass is 16.4. The number of carbonyl (C=O) groups is 2. The molecule has 0 atom stereocenters. The van der Waals surface area contributed by atoms with E-state index in [1.807, 2.05) is 37.3 Å². The number of hydrogen-bond acceptors (Lipinski definition) is 7. The number of fused-ring (bicyclic) bond motifs is 1. The smallest absolute Gasteiger partial charge is 0.404 e. The number of furan rings is 1. The topological polar surface area (TPSA) is 124 Å². The van der Waals surface area contributed by atoms with Gasteiger partial charge in [-0.2, -0.15) is 4.98 Å². The van der Waals surface area contributed by atoms with E-state index in [2.05, 4.69) is 20.6 Å². The third-order valence-electron chi connectivity index (χ3n) is 5.66. The van der Waals surface area contributed by atoms with Crippen LogP contribution < -0.4 is 20.7 Å². The zero-order valence-electron chi connectivity index (χ0n) is 18.5. The maximum Gasteiger partial charge on any atom is 0.404 e. The number of amides is 2. The molecule has 0 unspecified atom stereocenters. The Bertz CT molecular complexity index is 1090. The number of hydrazine groups is 1. The molecule has 0 spiro atoms. The highest BCUT2D eigenvalue weighted by Gasteiger charge is 2.26. The molecule has 0 aliphatic carbocycles. The molecule has 10 nitrogen and oxygen atoms in total. The summed E-state index contributed by atoms with van der Waals surface area (Å²) in [5.41, 5.74) is 4.91. The van der Waals surface area contributed by atoms with Crippen LogP contribution in [0.5, 0.6) is 0 Å². The fourth-order valence-corrected chi connectivity index (χ4v) is 3.95. The lowest BCUT2D eigenvalue weighted by Crippen LogP contribution is -2.41. The summed E-state index contributed by atoms with van der Waals surface area (Å²) < 4.78 is 5.71. The van der Waals surface area contributed by atoms with Gasteiger partial charge in [0.15, 0.2) is 11.4 Å². The monoisotopic (exact) mass is 452 g/mol. The van der Waals surface area contributed by atoms with Crippen LogP contribution in [0.1, 0.15) is 32.6 Å². The molecule has 1 fully saturated rings. The lowest BCUT2D eigenvalue weighted by Gasteiger charge is -2.33. The van der Waals surface area contributed by atoms with Crippen molar-refractivity contribution in [1.82, 2.24) is 20.7 Å². The fraction of sp³-hybridized carbons (Fsp3) is 0.391. The number of carbonyl (C=O) groups excluding carboxylic acids is 1. The highest BCUT2D eigenvalue weighted by Crippen LogP contribution is 2.32. The van der Waals surface area contributed by atoms with Crippen molar-refractivity contribution in [3.05, 3.63) is 42.7 Å². The van der Waals surface area contributed by atoms with Gasteiger partial charge in [-0.1, -0.05) is 25.1 Å². The van der Waals surface area contributed by atoms with E-state index in [0.717, 1.165) is 24.9 Å². The molecular weight excluding hydrogens is 424 g/mol. The Hall–Kier alpha value is -3.82. The van der Waals surface area contributed by atoms with Crippen molar-refractivity contribution in [3.63, 3.8) is 0 Å². The van der Waals surface area contributed by atoms with E-state index in [1.54, 1.807) is 17.3 Å². The van der Waals surface area contributed by atoms with E-state index in [4.69, 9.17) is 14.5 Å². The van der Waals surface area contributed by atoms with Crippen LogP contribution in [-0.2, 0) is 4.79 Å². The Morgan fingerprint density at radius 2 is 1.94 bits per heavy atom. The van der Waals surface area contributed by atoms with Crippen LogP contribution in [-0.4, -0.2) is 46.7 Å². The number of aromatic nitrogens is 2. The summed E-state index contributed by atoms with van der Waals surface area (Å²) in [6.07, 6.45) is 3.36. The predicted molar refractivity (Wildman–Crippen MR) is 124 cm³/mol. The number of anilines is 3. The molecule has 3 heterocycles. The molecule has 0 saturated carbocycles. The van der Waals surface area contributed by atoms with Gasteiger partial charge in [0.1, 0.15) is 5.52 Å². The summed E-state index contributed by atoms with van der Waals surface area (Å²) in [6, 6.07) is 11.2. The number of piperidine rings is 1. The summed E-state index contributed by atoms with van der Waals surface area (Å²) in [5.74, 6) is 1.17. The largest absolute Gasteiger partial charge is 0.465 e. The first-order chi connectivity index (χ1) is 16.0. The van der Waals surface area contributed by atoms with Crippen LogP contribution in [0.3, 0.4) is 0 Å². The quantitative estimate of drug-likeness (QED) is 0.442. The minimum absolute atomic E-state index is 0.120. The third kappa shape index (κ3) is 5.33. The zero-order chi connectivity index (χ0) is 23.2. The number of nitrogens with one attached hydrogen (secondary N) is 2. The van der Waals surface area contributed by atoms with E-state index < -0.39 is 6.09 Å². The Morgan fingerprint density at radius 3 is 2.64 bits per heavy atom. The van der Waals surface area contributed by atoms with Gasteiger partial charge < -0.3 is 19.7 Å². The Morgan fingerprint density at radius 1 is 1.18 bits per heavy atom. The van der Waals surface area contributed by atoms with Crippen LogP contribution in [0.25, 0.3) is 11.1 Å². The molecule has 3 N–H and O–H groups in total. The maximum atomic E-state index is 12.5. The summed E-state index contributed by atoms with van der Waals surface area (Å²) in [7, 11) is 0. The summed E-state index contributed by atoms with van der Waals surface area (Å²) >= 11 is 0. The first-order valence-electron chi connectivity index (χ1n) is 11.2. The molecule has 33 heavy (non-hydrogen) atoms. The Kier molecular flexibility index (Phi) is 6.92. The standard InChI is InChI=1S/C23H28N6O4/c1-2-6-19(30)27-29(17-7-4-3-5-8-17)22-25-18-11-14-33-20(18)21(26-22)28-12-9-16(10-13-28)15-24-23(31)32/h3-5,7-8,11,14,16,24H,2,6,9-10,12-13,15H2,1H3,(H,27,30)(H,31,32). The van der Waals surface area contributed by atoms with Crippen molar-refractivity contribution >= 4 is 40.6 Å². The minimum Gasteiger partial charge on any atom is -0.465 e. The molecule has 10 heteroatoms. The average Bonchev–Trinajstić information content (AvgIpc) is 3.30. The van der Waals surface area contributed by atoms with Crippen LogP contribution in [0.15, 0.2) is 47.1 Å². The number of rotatable bonds is 8. The van der Waals surface area contributed by atoms with E-state index >= 15 is 0 Å². The molecular formula is C23H28N6O4. The minimum atomic E-state index is -0.999. The van der Waals surface area contributed by atoms with Gasteiger partial charge in [-0.15, -0.1) is 0 Å². The van der Waals surface area contributed by atoms with Crippen LogP contribution in [0, 0.1) is 5.92 Å². The first kappa shape index (κ1) is 22.4. The van der Waals surface area contributed by atoms with Gasteiger partial charge in [-0.25, -0.2) is 14.8 Å². The van der Waals surface area contributed by atoms with Gasteiger partial charge >= 0.3 is 6.09 Å². The number of para-hydroxylation sites is 1. The normalized spacial score (nSPS) is 14.3. The van der Waals surface area contributed by atoms with Gasteiger partial charge in [0.25, 0.3) is 5.95 Å². The highest BCUT2D eigenvalue weighted by molar-refractivity contribution is 5.87. The first-order valence-corrected chi connectivity index (χ1v) is 11.2. The lowest BCUT2D eigenvalue weighted by molar-refractivity contribution is -0.121. The van der Waals surface area contributed by atoms with Gasteiger partial charge in [-0.3, -0.25) is 10.2 Å². The van der Waals surface area contributed by atoms with Crippen molar-refractivity contribution in [2.45, 2.75) is 32.6 Å². The summed E-state index contributed by atoms with van der Waals surface area (Å²) in [4.78, 5) is 34.8. The van der Waals surface area contributed by atoms with Crippen LogP contribution in [0.2, 0.25) is 0 Å². The summed E-state index contributed by atoms with van der Waals surface area (Å²) in [6.45, 7) is 3.82. The van der Waals surface area contributed by atoms with E-state index in [9.17, 15) is 9.59 Å². The van der Waals surface area contributed by atoms with Crippen molar-refractivity contribution in [1.29, 1.82) is 0 Å². The molecule has 2 aromatic heterocycles. The van der Waals surface area contributed by atoms with Crippen molar-refractivity contribution in [2.75, 3.05) is 29.5 Å². The van der Waals surface area contributed by atoms with E-state index in [1.165, 1.54) is 0 Å². The number of hydrogen-bond donors (Lipinski definition) is 3. The maximum absolute atomic E-state index is 12.5. The van der Waals surface area contributed by atoms with Crippen molar-refractivity contribution < 1.29 is 19.1 Å². The Balaban J connectivity index is 1.63. The van der Waals surface area contributed by atoms with E-state index in [0.29, 0.717) is 48.9 Å². The molecule has 1 aliphatic rings. The lowest BCUT2D eigenvalue weighted by atomic mass is 9.97. The SMILES string of the molecule is CCCC(=O)NN(c1ccccc1)c1nc(N2CCC(CNC(=O)O)CC2)c2occc2n1.